The summed E-state index contributed by atoms with van der Waals surface area (Å²) in [6, 6.07) is 0. The average Bonchev–Trinajstić information content (AvgIpc) is 2.27. The maximum Gasteiger partial charge on any atom is 0.0565 e. The first-order chi connectivity index (χ1) is 7.81. The van der Waals surface area contributed by atoms with E-state index in [1.165, 1.54) is 0 Å². The zero-order valence-electron chi connectivity index (χ0n) is 9.61. The van der Waals surface area contributed by atoms with Crippen LogP contribution in [0.5, 0.6) is 0 Å². The summed E-state index contributed by atoms with van der Waals surface area (Å²) in [5, 5.41) is 17.8. The molecule has 0 radical (unpaired) electrons. The van der Waals surface area contributed by atoms with Crippen LogP contribution in [-0.2, 0) is 0 Å². The van der Waals surface area contributed by atoms with E-state index < -0.39 is 6.10 Å². The number of hydrogen-bond acceptors (Lipinski definition) is 2. The number of aliphatic hydroxyl groups is 2. The summed E-state index contributed by atoms with van der Waals surface area (Å²) < 4.78 is 0. The minimum Gasteiger partial charge on any atom is -0.396 e. The highest BCUT2D eigenvalue weighted by Crippen LogP contribution is 2.01. The van der Waals surface area contributed by atoms with Crippen molar-refractivity contribution in [1.82, 2.24) is 0 Å². The SMILES string of the molecule is CC=CC#CC#CC=CCCC(O)CCO. The average molecular weight is 218 g/mol. The number of hydrogen-bond donors (Lipinski definition) is 2. The molecule has 0 aromatic heterocycles. The second kappa shape index (κ2) is 11.6. The first kappa shape index (κ1) is 14.5. The van der Waals surface area contributed by atoms with Gasteiger partial charge in [0, 0.05) is 6.61 Å². The molecule has 1 atom stereocenters. The predicted octanol–water partition coefficient (Wildman–Crippen LogP) is 1.65. The smallest absolute Gasteiger partial charge is 0.0565 e. The maximum absolute atomic E-state index is 9.29. The van der Waals surface area contributed by atoms with E-state index in [4.69, 9.17) is 5.11 Å². The van der Waals surface area contributed by atoms with E-state index in [1.54, 1.807) is 12.2 Å². The van der Waals surface area contributed by atoms with Gasteiger partial charge in [0.25, 0.3) is 0 Å². The van der Waals surface area contributed by atoms with Gasteiger partial charge in [-0.3, -0.25) is 0 Å². The minimum atomic E-state index is -0.419. The molecule has 1 unspecified atom stereocenters. The third-order valence-corrected chi connectivity index (χ3v) is 1.79. The summed E-state index contributed by atoms with van der Waals surface area (Å²) in [4.78, 5) is 0. The summed E-state index contributed by atoms with van der Waals surface area (Å²) in [6.45, 7) is 1.94. The molecule has 0 spiro atoms. The van der Waals surface area contributed by atoms with Gasteiger partial charge in [0.05, 0.1) is 6.10 Å². The Morgan fingerprint density at radius 1 is 1.12 bits per heavy atom. The molecule has 0 aliphatic carbocycles. The van der Waals surface area contributed by atoms with Gasteiger partial charge >= 0.3 is 0 Å². The van der Waals surface area contributed by atoms with Gasteiger partial charge in [0.1, 0.15) is 0 Å². The lowest BCUT2D eigenvalue weighted by molar-refractivity contribution is 0.126. The van der Waals surface area contributed by atoms with Gasteiger partial charge in [-0.25, -0.2) is 0 Å². The first-order valence-electron chi connectivity index (χ1n) is 5.37. The Balaban J connectivity index is 3.66. The molecule has 0 rings (SSSR count). The van der Waals surface area contributed by atoms with Gasteiger partial charge in [0.15, 0.2) is 0 Å². The van der Waals surface area contributed by atoms with Gasteiger partial charge in [-0.15, -0.1) is 0 Å². The quantitative estimate of drug-likeness (QED) is 0.689. The Morgan fingerprint density at radius 3 is 2.44 bits per heavy atom. The lowest BCUT2D eigenvalue weighted by atomic mass is 10.1. The summed E-state index contributed by atoms with van der Waals surface area (Å²) in [5.74, 6) is 10.9. The van der Waals surface area contributed by atoms with Crippen molar-refractivity contribution in [2.24, 2.45) is 0 Å². The number of rotatable bonds is 5. The fraction of sp³-hybridized carbons (Fsp3) is 0.429. The molecule has 0 amide bonds. The second-order valence-corrected chi connectivity index (χ2v) is 3.18. The molecule has 0 aliphatic rings. The summed E-state index contributed by atoms with van der Waals surface area (Å²) in [6.07, 6.45) is 8.66. The van der Waals surface area contributed by atoms with Gasteiger partial charge in [-0.2, -0.15) is 0 Å². The molecule has 2 nitrogen and oxygen atoms in total. The van der Waals surface area contributed by atoms with Crippen molar-refractivity contribution in [3.05, 3.63) is 24.3 Å². The number of allylic oxidation sites excluding steroid dienone is 4. The molecular formula is C14H18O2. The number of aliphatic hydroxyl groups excluding tert-OH is 2. The van der Waals surface area contributed by atoms with Crippen molar-refractivity contribution < 1.29 is 10.2 Å². The van der Waals surface area contributed by atoms with Crippen LogP contribution in [-0.4, -0.2) is 22.9 Å². The highest BCUT2D eigenvalue weighted by atomic mass is 16.3. The Hall–Kier alpha value is -1.48. The summed E-state index contributed by atoms with van der Waals surface area (Å²) in [7, 11) is 0. The molecule has 2 N–H and O–H groups in total. The van der Waals surface area contributed by atoms with Gasteiger partial charge < -0.3 is 10.2 Å². The van der Waals surface area contributed by atoms with Crippen LogP contribution in [0.1, 0.15) is 26.2 Å². The Kier molecular flexibility index (Phi) is 10.5. The van der Waals surface area contributed by atoms with E-state index in [1.807, 2.05) is 19.1 Å². The first-order valence-corrected chi connectivity index (χ1v) is 5.37. The zero-order chi connectivity index (χ0) is 12.1. The molecule has 0 aromatic rings. The standard InChI is InChI=1S/C14H18O2/c1-2-3-4-5-6-7-8-9-10-11-14(16)12-13-15/h2-3,8-9,14-16H,10-13H2,1H3. The van der Waals surface area contributed by atoms with E-state index in [0.29, 0.717) is 12.8 Å². The Bertz CT molecular complexity index is 331. The molecule has 0 aliphatic heterocycles. The van der Waals surface area contributed by atoms with Crippen LogP contribution >= 0.6 is 0 Å². The van der Waals surface area contributed by atoms with Crippen molar-refractivity contribution in [2.45, 2.75) is 32.3 Å². The molecule has 0 fully saturated rings. The van der Waals surface area contributed by atoms with Gasteiger partial charge in [-0.1, -0.05) is 24.0 Å². The summed E-state index contributed by atoms with van der Waals surface area (Å²) >= 11 is 0. The van der Waals surface area contributed by atoms with Crippen molar-refractivity contribution >= 4 is 0 Å². The molecule has 0 bridgehead atoms. The molecule has 2 heteroatoms. The maximum atomic E-state index is 9.29. The van der Waals surface area contributed by atoms with Crippen molar-refractivity contribution in [2.75, 3.05) is 6.61 Å². The highest BCUT2D eigenvalue weighted by molar-refractivity contribution is 5.33. The largest absolute Gasteiger partial charge is 0.396 e. The second-order valence-electron chi connectivity index (χ2n) is 3.18. The van der Waals surface area contributed by atoms with Crippen molar-refractivity contribution in [3.63, 3.8) is 0 Å². The Labute approximate surface area is 97.7 Å². The van der Waals surface area contributed by atoms with Gasteiger partial charge in [0.2, 0.25) is 0 Å². The lowest BCUT2D eigenvalue weighted by Gasteiger charge is -2.04. The predicted molar refractivity (Wildman–Crippen MR) is 66.4 cm³/mol. The molecule has 16 heavy (non-hydrogen) atoms. The normalized spacial score (nSPS) is 11.9. The van der Waals surface area contributed by atoms with Crippen molar-refractivity contribution in [3.8, 4) is 23.7 Å². The molecule has 0 saturated carbocycles. The Morgan fingerprint density at radius 2 is 1.81 bits per heavy atom. The fourth-order valence-electron chi connectivity index (χ4n) is 0.963. The molecule has 0 saturated heterocycles. The molecular weight excluding hydrogens is 200 g/mol. The third-order valence-electron chi connectivity index (χ3n) is 1.79. The molecule has 86 valence electrons. The van der Waals surface area contributed by atoms with Crippen molar-refractivity contribution in [1.29, 1.82) is 0 Å². The monoisotopic (exact) mass is 218 g/mol. The van der Waals surface area contributed by atoms with Gasteiger partial charge in [-0.05, 0) is 50.2 Å². The van der Waals surface area contributed by atoms with E-state index in [0.717, 1.165) is 6.42 Å². The van der Waals surface area contributed by atoms with Crippen LogP contribution < -0.4 is 0 Å². The molecule has 0 heterocycles. The molecule has 0 aromatic carbocycles. The summed E-state index contributed by atoms with van der Waals surface area (Å²) in [5.41, 5.74) is 0. The van der Waals surface area contributed by atoms with Crippen LogP contribution in [0.2, 0.25) is 0 Å². The van der Waals surface area contributed by atoms with Crippen LogP contribution in [0.3, 0.4) is 0 Å². The van der Waals surface area contributed by atoms with E-state index >= 15 is 0 Å². The van der Waals surface area contributed by atoms with Crippen LogP contribution in [0.4, 0.5) is 0 Å². The third kappa shape index (κ3) is 10.6. The topological polar surface area (TPSA) is 40.5 Å². The minimum absolute atomic E-state index is 0.0330. The van der Waals surface area contributed by atoms with E-state index in [2.05, 4.69) is 23.7 Å². The van der Waals surface area contributed by atoms with E-state index in [-0.39, 0.29) is 6.61 Å². The highest BCUT2D eigenvalue weighted by Gasteiger charge is 1.99. The van der Waals surface area contributed by atoms with Crippen LogP contribution in [0, 0.1) is 23.7 Å². The lowest BCUT2D eigenvalue weighted by Crippen LogP contribution is -2.07. The van der Waals surface area contributed by atoms with Crippen LogP contribution in [0.15, 0.2) is 24.3 Å². The van der Waals surface area contributed by atoms with Crippen LogP contribution in [0.25, 0.3) is 0 Å². The van der Waals surface area contributed by atoms with E-state index in [9.17, 15) is 5.11 Å². The fourth-order valence-corrected chi connectivity index (χ4v) is 0.963. The zero-order valence-corrected chi connectivity index (χ0v) is 9.61.